The Morgan fingerprint density at radius 1 is 1.50 bits per heavy atom. The predicted octanol–water partition coefficient (Wildman–Crippen LogP) is 1.50. The van der Waals surface area contributed by atoms with Gasteiger partial charge >= 0.3 is 0 Å². The molecule has 2 saturated heterocycles. The third-order valence-electron chi connectivity index (χ3n) is 4.16. The Hall–Kier alpha value is -0.260. The van der Waals surface area contributed by atoms with Gasteiger partial charge in [-0.1, -0.05) is 13.8 Å². The molecule has 0 saturated carbocycles. The summed E-state index contributed by atoms with van der Waals surface area (Å²) in [5.41, 5.74) is -0.0198. The highest BCUT2D eigenvalue weighted by Crippen LogP contribution is 2.31. The Bertz CT molecular complexity index is 289. The van der Waals surface area contributed by atoms with Crippen LogP contribution in [0.15, 0.2) is 0 Å². The second-order valence-corrected chi connectivity index (χ2v) is 6.24. The van der Waals surface area contributed by atoms with Gasteiger partial charge in [-0.15, -0.1) is 11.8 Å². The molecule has 0 spiro atoms. The second kappa shape index (κ2) is 6.26. The van der Waals surface area contributed by atoms with E-state index in [1.807, 2.05) is 0 Å². The number of carbonyl (C=O) groups is 1. The Kier molecular flexibility index (Phi) is 4.92. The second-order valence-electron chi connectivity index (χ2n) is 5.21. The summed E-state index contributed by atoms with van der Waals surface area (Å²) in [5, 5.41) is 6.40. The maximum Gasteiger partial charge on any atom is 0.238 e. The lowest BCUT2D eigenvalue weighted by molar-refractivity contribution is -0.127. The fraction of sp³-hybridized carbons (Fsp3) is 0.923. The molecule has 0 bridgehead atoms. The minimum atomic E-state index is -0.0198. The van der Waals surface area contributed by atoms with Crippen molar-refractivity contribution < 1.29 is 9.53 Å². The van der Waals surface area contributed by atoms with Crippen molar-refractivity contribution in [3.63, 3.8) is 0 Å². The van der Waals surface area contributed by atoms with Crippen LogP contribution in [-0.2, 0) is 9.53 Å². The molecule has 0 radical (unpaired) electrons. The molecule has 2 N–H and O–H groups in total. The van der Waals surface area contributed by atoms with Crippen molar-refractivity contribution in [1.82, 2.24) is 10.6 Å². The number of hydrogen-bond donors (Lipinski definition) is 2. The number of hydrogen-bond acceptors (Lipinski definition) is 4. The van der Waals surface area contributed by atoms with E-state index in [-0.39, 0.29) is 23.6 Å². The first-order chi connectivity index (χ1) is 8.69. The van der Waals surface area contributed by atoms with E-state index in [0.717, 1.165) is 43.9 Å². The standard InChI is InChI=1S/C13H24N2O2S/c1-3-13(4-2)7-10(5-6-17-13)15-12(16)11-8-18-9-14-11/h10-11,14H,3-9H2,1-2H3,(H,15,16). The van der Waals surface area contributed by atoms with Crippen LogP contribution in [0.3, 0.4) is 0 Å². The van der Waals surface area contributed by atoms with Crippen molar-refractivity contribution in [2.24, 2.45) is 0 Å². The van der Waals surface area contributed by atoms with Gasteiger partial charge < -0.3 is 10.1 Å². The van der Waals surface area contributed by atoms with Crippen molar-refractivity contribution in [2.45, 2.75) is 57.2 Å². The molecule has 2 aliphatic rings. The molecular weight excluding hydrogens is 248 g/mol. The molecule has 104 valence electrons. The van der Waals surface area contributed by atoms with Gasteiger partial charge in [-0.25, -0.2) is 0 Å². The third-order valence-corrected chi connectivity index (χ3v) is 5.10. The van der Waals surface area contributed by atoms with Gasteiger partial charge in [0.15, 0.2) is 0 Å². The first-order valence-corrected chi connectivity index (χ1v) is 8.10. The molecule has 2 unspecified atom stereocenters. The smallest absolute Gasteiger partial charge is 0.238 e. The Morgan fingerprint density at radius 3 is 2.89 bits per heavy atom. The van der Waals surface area contributed by atoms with Gasteiger partial charge in [-0.3, -0.25) is 10.1 Å². The van der Waals surface area contributed by atoms with Gasteiger partial charge in [-0.05, 0) is 25.7 Å². The van der Waals surface area contributed by atoms with Crippen molar-refractivity contribution >= 4 is 17.7 Å². The molecule has 0 aromatic rings. The molecule has 5 heteroatoms. The van der Waals surface area contributed by atoms with Gasteiger partial charge in [0.2, 0.25) is 5.91 Å². The molecule has 4 nitrogen and oxygen atoms in total. The summed E-state index contributed by atoms with van der Waals surface area (Å²) < 4.78 is 5.93. The van der Waals surface area contributed by atoms with E-state index in [0.29, 0.717) is 0 Å². The summed E-state index contributed by atoms with van der Waals surface area (Å²) >= 11 is 1.78. The lowest BCUT2D eigenvalue weighted by Gasteiger charge is -2.40. The number of carbonyl (C=O) groups excluding carboxylic acids is 1. The molecule has 2 rings (SSSR count). The van der Waals surface area contributed by atoms with Gasteiger partial charge in [0.25, 0.3) is 0 Å². The first-order valence-electron chi connectivity index (χ1n) is 6.94. The van der Waals surface area contributed by atoms with Crippen LogP contribution < -0.4 is 10.6 Å². The monoisotopic (exact) mass is 272 g/mol. The van der Waals surface area contributed by atoms with Crippen LogP contribution >= 0.6 is 11.8 Å². The van der Waals surface area contributed by atoms with E-state index in [2.05, 4.69) is 24.5 Å². The minimum absolute atomic E-state index is 0.00417. The van der Waals surface area contributed by atoms with Crippen LogP contribution in [0.5, 0.6) is 0 Å². The highest BCUT2D eigenvalue weighted by Gasteiger charge is 2.36. The molecule has 2 atom stereocenters. The lowest BCUT2D eigenvalue weighted by atomic mass is 9.86. The van der Waals surface area contributed by atoms with Gasteiger partial charge in [-0.2, -0.15) is 0 Å². The summed E-state index contributed by atoms with van der Waals surface area (Å²) in [6, 6.07) is 0.272. The lowest BCUT2D eigenvalue weighted by Crippen LogP contribution is -2.52. The normalized spacial score (nSPS) is 31.2. The highest BCUT2D eigenvalue weighted by atomic mass is 32.2. The van der Waals surface area contributed by atoms with Gasteiger partial charge in [0.05, 0.1) is 11.6 Å². The van der Waals surface area contributed by atoms with E-state index >= 15 is 0 Å². The fourth-order valence-electron chi connectivity index (χ4n) is 2.76. The Labute approximate surface area is 114 Å². The molecular formula is C13H24N2O2S. The van der Waals surface area contributed by atoms with Gasteiger partial charge in [0, 0.05) is 24.3 Å². The van der Waals surface area contributed by atoms with Crippen LogP contribution in [0, 0.1) is 0 Å². The van der Waals surface area contributed by atoms with Crippen LogP contribution in [0.1, 0.15) is 39.5 Å². The average Bonchev–Trinajstić information content (AvgIpc) is 2.93. The maximum atomic E-state index is 12.1. The quantitative estimate of drug-likeness (QED) is 0.814. The molecule has 0 aliphatic carbocycles. The summed E-state index contributed by atoms with van der Waals surface area (Å²) in [6.45, 7) is 5.10. The first kappa shape index (κ1) is 14.2. The van der Waals surface area contributed by atoms with E-state index in [1.165, 1.54) is 0 Å². The molecule has 2 aliphatic heterocycles. The minimum Gasteiger partial charge on any atom is -0.375 e. The molecule has 1 amide bonds. The number of thioether (sulfide) groups is 1. The zero-order chi connectivity index (χ0) is 13.0. The zero-order valence-electron chi connectivity index (χ0n) is 11.3. The highest BCUT2D eigenvalue weighted by molar-refractivity contribution is 7.99. The molecule has 18 heavy (non-hydrogen) atoms. The van der Waals surface area contributed by atoms with E-state index < -0.39 is 0 Å². The molecule has 0 aromatic heterocycles. The summed E-state index contributed by atoms with van der Waals surface area (Å²) in [4.78, 5) is 12.1. The number of rotatable bonds is 4. The van der Waals surface area contributed by atoms with Crippen molar-refractivity contribution in [1.29, 1.82) is 0 Å². The zero-order valence-corrected chi connectivity index (χ0v) is 12.1. The summed E-state index contributed by atoms with van der Waals surface area (Å²) in [5.74, 6) is 1.94. The van der Waals surface area contributed by atoms with E-state index in [4.69, 9.17) is 4.74 Å². The fourth-order valence-corrected chi connectivity index (χ4v) is 3.70. The number of nitrogens with one attached hydrogen (secondary N) is 2. The molecule has 0 aromatic carbocycles. The molecule has 2 fully saturated rings. The van der Waals surface area contributed by atoms with Crippen molar-refractivity contribution in [2.75, 3.05) is 18.2 Å². The van der Waals surface area contributed by atoms with E-state index in [9.17, 15) is 4.79 Å². The SMILES string of the molecule is CCC1(CC)CC(NC(=O)C2CSCN2)CCO1. The topological polar surface area (TPSA) is 50.4 Å². The summed E-state index contributed by atoms with van der Waals surface area (Å²) in [7, 11) is 0. The number of ether oxygens (including phenoxy) is 1. The van der Waals surface area contributed by atoms with Crippen molar-refractivity contribution in [3.8, 4) is 0 Å². The van der Waals surface area contributed by atoms with Crippen LogP contribution in [0.2, 0.25) is 0 Å². The maximum absolute atomic E-state index is 12.1. The van der Waals surface area contributed by atoms with Crippen molar-refractivity contribution in [3.05, 3.63) is 0 Å². The summed E-state index contributed by atoms with van der Waals surface area (Å²) in [6.07, 6.45) is 3.93. The molecule has 2 heterocycles. The van der Waals surface area contributed by atoms with Crippen LogP contribution in [0.4, 0.5) is 0 Å². The van der Waals surface area contributed by atoms with E-state index in [1.54, 1.807) is 11.8 Å². The Morgan fingerprint density at radius 2 is 2.28 bits per heavy atom. The van der Waals surface area contributed by atoms with Crippen LogP contribution in [-0.4, -0.2) is 41.8 Å². The third kappa shape index (κ3) is 3.19. The predicted molar refractivity (Wildman–Crippen MR) is 74.7 cm³/mol. The van der Waals surface area contributed by atoms with Crippen LogP contribution in [0.25, 0.3) is 0 Å². The largest absolute Gasteiger partial charge is 0.375 e. The Balaban J connectivity index is 1.87. The number of amides is 1. The van der Waals surface area contributed by atoms with Gasteiger partial charge in [0.1, 0.15) is 0 Å². The average molecular weight is 272 g/mol.